The Labute approximate surface area is 161 Å². The number of alkyl halides is 1. The van der Waals surface area contributed by atoms with Crippen LogP contribution in [0.25, 0.3) is 33.7 Å². The Balaban J connectivity index is 1.67. The van der Waals surface area contributed by atoms with Crippen LogP contribution >= 0.6 is 11.6 Å². The lowest BCUT2D eigenvalue weighted by Crippen LogP contribution is -2.12. The van der Waals surface area contributed by atoms with Crippen LogP contribution < -0.4 is 5.32 Å². The number of anilines is 1. The van der Waals surface area contributed by atoms with Gasteiger partial charge < -0.3 is 9.73 Å². The second-order valence-corrected chi connectivity index (χ2v) is 6.55. The van der Waals surface area contributed by atoms with Gasteiger partial charge in [-0.05, 0) is 47.9 Å². The highest BCUT2D eigenvalue weighted by atomic mass is 35.5. The van der Waals surface area contributed by atoms with Crippen molar-refractivity contribution in [3.05, 3.63) is 72.3 Å². The topological polar surface area (TPSA) is 55.1 Å². The number of hydrogen-bond acceptors (Lipinski definition) is 3. The Morgan fingerprint density at radius 3 is 2.37 bits per heavy atom. The van der Waals surface area contributed by atoms with Crippen molar-refractivity contribution in [1.82, 2.24) is 4.98 Å². The third-order valence-corrected chi connectivity index (χ3v) is 4.56. The summed E-state index contributed by atoms with van der Waals surface area (Å²) in [7, 11) is 0. The summed E-state index contributed by atoms with van der Waals surface area (Å²) in [5.74, 6) is 0.207. The molecule has 0 fully saturated rings. The van der Waals surface area contributed by atoms with Crippen LogP contribution in [0.4, 0.5) is 5.69 Å². The van der Waals surface area contributed by atoms with E-state index in [2.05, 4.69) is 34.6 Å². The number of hydrogen-bond donors (Lipinski definition) is 1. The average molecular weight is 377 g/mol. The number of fused-ring (bicyclic) bond motifs is 1. The molecule has 0 bridgehead atoms. The molecule has 0 spiro atoms. The van der Waals surface area contributed by atoms with Crippen molar-refractivity contribution in [2.75, 3.05) is 11.2 Å². The maximum atomic E-state index is 11.5. The minimum atomic E-state index is -0.254. The number of nitrogens with zero attached hydrogens (tertiary/aromatic N) is 1. The molecular formula is C22H17ClN2O2. The van der Waals surface area contributed by atoms with E-state index in [1.165, 1.54) is 0 Å². The van der Waals surface area contributed by atoms with Gasteiger partial charge in [0, 0.05) is 11.3 Å². The maximum Gasteiger partial charge on any atom is 0.239 e. The van der Waals surface area contributed by atoms with Crippen molar-refractivity contribution in [1.29, 1.82) is 0 Å². The normalized spacial score (nSPS) is 10.9. The van der Waals surface area contributed by atoms with E-state index >= 15 is 0 Å². The van der Waals surface area contributed by atoms with E-state index < -0.39 is 0 Å². The number of carbonyl (C=O) groups is 1. The molecule has 0 atom stereocenters. The molecule has 1 heterocycles. The summed E-state index contributed by atoms with van der Waals surface area (Å²) in [6.07, 6.45) is 0. The molecule has 4 nitrogen and oxygen atoms in total. The first-order chi connectivity index (χ1) is 13.1. The molecule has 27 heavy (non-hydrogen) atoms. The smallest absolute Gasteiger partial charge is 0.239 e. The van der Waals surface area contributed by atoms with Crippen molar-refractivity contribution >= 4 is 34.3 Å². The van der Waals surface area contributed by atoms with Gasteiger partial charge in [-0.1, -0.05) is 42.5 Å². The first-order valence-corrected chi connectivity index (χ1v) is 9.10. The van der Waals surface area contributed by atoms with Crippen LogP contribution in [-0.2, 0) is 4.79 Å². The van der Waals surface area contributed by atoms with Crippen LogP contribution in [0.15, 0.2) is 71.1 Å². The number of carbonyl (C=O) groups excluding carboxylic acids is 1. The standard InChI is InChI=1S/C22H17ClN2O2/c1-14-11-18(24-20(26)13-23)12-19-21(14)27-22(25-19)17-9-7-16(8-10-17)15-5-3-2-4-6-15/h2-12H,13H2,1H3,(H,24,26). The fraction of sp³-hybridized carbons (Fsp3) is 0.0909. The quantitative estimate of drug-likeness (QED) is 0.468. The lowest BCUT2D eigenvalue weighted by atomic mass is 10.0. The average Bonchev–Trinajstić information content (AvgIpc) is 3.13. The Morgan fingerprint density at radius 1 is 1.00 bits per heavy atom. The SMILES string of the molecule is Cc1cc(NC(=O)CCl)cc2nc(-c3ccc(-c4ccccc4)cc3)oc12. The lowest BCUT2D eigenvalue weighted by molar-refractivity contribution is -0.113. The summed E-state index contributed by atoms with van der Waals surface area (Å²) in [5.41, 5.74) is 6.16. The Bertz CT molecular complexity index is 1100. The number of rotatable bonds is 4. The number of aromatic nitrogens is 1. The molecule has 1 amide bonds. The summed E-state index contributed by atoms with van der Waals surface area (Å²) in [6.45, 7) is 1.92. The molecule has 0 aliphatic carbocycles. The zero-order valence-corrected chi connectivity index (χ0v) is 15.5. The molecule has 5 heteroatoms. The zero-order valence-electron chi connectivity index (χ0n) is 14.7. The Kier molecular flexibility index (Phi) is 4.65. The number of benzene rings is 3. The largest absolute Gasteiger partial charge is 0.436 e. The second-order valence-electron chi connectivity index (χ2n) is 6.29. The van der Waals surface area contributed by atoms with Gasteiger partial charge in [0.05, 0.1) is 0 Å². The van der Waals surface area contributed by atoms with Gasteiger partial charge in [-0.2, -0.15) is 0 Å². The van der Waals surface area contributed by atoms with Gasteiger partial charge in [-0.3, -0.25) is 4.79 Å². The molecule has 1 aromatic heterocycles. The van der Waals surface area contributed by atoms with Crippen molar-refractivity contribution in [3.8, 4) is 22.6 Å². The zero-order chi connectivity index (χ0) is 18.8. The third kappa shape index (κ3) is 3.57. The fourth-order valence-corrected chi connectivity index (χ4v) is 3.09. The van der Waals surface area contributed by atoms with Crippen LogP contribution in [0.3, 0.4) is 0 Å². The van der Waals surface area contributed by atoms with E-state index in [0.717, 1.165) is 22.3 Å². The van der Waals surface area contributed by atoms with E-state index in [0.29, 0.717) is 22.7 Å². The van der Waals surface area contributed by atoms with Gasteiger partial charge in [0.25, 0.3) is 0 Å². The van der Waals surface area contributed by atoms with Gasteiger partial charge in [0.15, 0.2) is 5.58 Å². The van der Waals surface area contributed by atoms with Crippen LogP contribution in [-0.4, -0.2) is 16.8 Å². The molecule has 0 radical (unpaired) electrons. The van der Waals surface area contributed by atoms with Crippen LogP contribution in [0.2, 0.25) is 0 Å². The lowest BCUT2D eigenvalue weighted by Gasteiger charge is -2.03. The minimum Gasteiger partial charge on any atom is -0.436 e. The third-order valence-electron chi connectivity index (χ3n) is 4.32. The monoisotopic (exact) mass is 376 g/mol. The molecule has 4 aromatic rings. The molecular weight excluding hydrogens is 360 g/mol. The summed E-state index contributed by atoms with van der Waals surface area (Å²) in [6, 6.07) is 21.9. The van der Waals surface area contributed by atoms with Gasteiger partial charge in [0.2, 0.25) is 11.8 Å². The van der Waals surface area contributed by atoms with Crippen LogP contribution in [0.1, 0.15) is 5.56 Å². The summed E-state index contributed by atoms with van der Waals surface area (Å²) in [5, 5.41) is 2.75. The summed E-state index contributed by atoms with van der Waals surface area (Å²) < 4.78 is 5.97. The molecule has 1 N–H and O–H groups in total. The van der Waals surface area contributed by atoms with Gasteiger partial charge in [-0.15, -0.1) is 11.6 Å². The molecule has 0 aliphatic heterocycles. The van der Waals surface area contributed by atoms with Crippen molar-refractivity contribution in [3.63, 3.8) is 0 Å². The Morgan fingerprint density at radius 2 is 1.67 bits per heavy atom. The number of nitrogens with one attached hydrogen (secondary N) is 1. The fourth-order valence-electron chi connectivity index (χ4n) is 3.03. The number of aryl methyl sites for hydroxylation is 1. The molecule has 0 saturated heterocycles. The number of amides is 1. The molecule has 134 valence electrons. The van der Waals surface area contributed by atoms with Gasteiger partial charge in [0.1, 0.15) is 11.4 Å². The highest BCUT2D eigenvalue weighted by Crippen LogP contribution is 2.30. The molecule has 0 unspecified atom stereocenters. The van der Waals surface area contributed by atoms with E-state index in [-0.39, 0.29) is 11.8 Å². The highest BCUT2D eigenvalue weighted by molar-refractivity contribution is 6.29. The molecule has 3 aromatic carbocycles. The first kappa shape index (κ1) is 17.3. The van der Waals surface area contributed by atoms with Gasteiger partial charge >= 0.3 is 0 Å². The Hall–Kier alpha value is -3.11. The number of halogens is 1. The summed E-state index contributed by atoms with van der Waals surface area (Å²) >= 11 is 5.55. The van der Waals surface area contributed by atoms with Gasteiger partial charge in [-0.25, -0.2) is 4.98 Å². The predicted molar refractivity (Wildman–Crippen MR) is 109 cm³/mol. The van der Waals surface area contributed by atoms with Crippen LogP contribution in [0, 0.1) is 6.92 Å². The summed E-state index contributed by atoms with van der Waals surface area (Å²) in [4.78, 5) is 16.1. The van der Waals surface area contributed by atoms with E-state index in [1.54, 1.807) is 6.07 Å². The minimum absolute atomic E-state index is 0.0884. The molecule has 0 saturated carbocycles. The molecule has 0 aliphatic rings. The van der Waals surface area contributed by atoms with Crippen molar-refractivity contribution in [2.45, 2.75) is 6.92 Å². The molecule has 4 rings (SSSR count). The van der Waals surface area contributed by atoms with E-state index in [1.807, 2.05) is 43.3 Å². The van der Waals surface area contributed by atoms with Crippen LogP contribution in [0.5, 0.6) is 0 Å². The highest BCUT2D eigenvalue weighted by Gasteiger charge is 2.12. The predicted octanol–water partition coefficient (Wildman–Crippen LogP) is 5.65. The van der Waals surface area contributed by atoms with Crippen molar-refractivity contribution < 1.29 is 9.21 Å². The number of oxazole rings is 1. The maximum absolute atomic E-state index is 11.5. The van der Waals surface area contributed by atoms with Crippen molar-refractivity contribution in [2.24, 2.45) is 0 Å². The second kappa shape index (κ2) is 7.25. The first-order valence-electron chi connectivity index (χ1n) is 8.57. The van der Waals surface area contributed by atoms with E-state index in [4.69, 9.17) is 16.0 Å². The van der Waals surface area contributed by atoms with E-state index in [9.17, 15) is 4.79 Å².